The number of aliphatic hydroxyl groups excluding tert-OH is 1. The summed E-state index contributed by atoms with van der Waals surface area (Å²) in [6.07, 6.45) is 4.51. The molecule has 2 rings (SSSR count). The Morgan fingerprint density at radius 1 is 1.32 bits per heavy atom. The second-order valence-electron chi connectivity index (χ2n) is 6.12. The van der Waals surface area contributed by atoms with Crippen molar-refractivity contribution >= 4 is 21.6 Å². The van der Waals surface area contributed by atoms with Crippen molar-refractivity contribution in [1.29, 1.82) is 0 Å². The zero-order valence-electron chi connectivity index (χ0n) is 11.8. The summed E-state index contributed by atoms with van der Waals surface area (Å²) in [6, 6.07) is 8.14. The fourth-order valence-electron chi connectivity index (χ4n) is 3.03. The monoisotopic (exact) mass is 325 g/mol. The Hall–Kier alpha value is -0.540. The van der Waals surface area contributed by atoms with E-state index in [0.717, 1.165) is 34.8 Å². The lowest BCUT2D eigenvalue weighted by Gasteiger charge is -2.41. The molecule has 0 bridgehead atoms. The summed E-state index contributed by atoms with van der Waals surface area (Å²) in [5.74, 6) is 1.56. The van der Waals surface area contributed by atoms with Gasteiger partial charge < -0.3 is 10.4 Å². The van der Waals surface area contributed by atoms with Gasteiger partial charge in [-0.15, -0.1) is 0 Å². The van der Waals surface area contributed by atoms with Gasteiger partial charge in [-0.25, -0.2) is 0 Å². The van der Waals surface area contributed by atoms with E-state index in [2.05, 4.69) is 41.2 Å². The van der Waals surface area contributed by atoms with Crippen LogP contribution in [0.4, 0.5) is 5.69 Å². The first-order chi connectivity index (χ1) is 9.06. The third kappa shape index (κ3) is 3.51. The summed E-state index contributed by atoms with van der Waals surface area (Å²) in [7, 11) is 0. The van der Waals surface area contributed by atoms with E-state index in [1.807, 2.05) is 18.2 Å². The smallest absolute Gasteiger partial charge is 0.0661 e. The lowest BCUT2D eigenvalue weighted by atomic mass is 9.73. The van der Waals surface area contributed by atoms with Crippen molar-refractivity contribution in [2.45, 2.75) is 45.1 Å². The van der Waals surface area contributed by atoms with Crippen molar-refractivity contribution in [3.8, 4) is 0 Å². The van der Waals surface area contributed by atoms with Crippen molar-refractivity contribution in [3.05, 3.63) is 28.7 Å². The van der Waals surface area contributed by atoms with Crippen LogP contribution in [0.1, 0.15) is 39.5 Å². The van der Waals surface area contributed by atoms with Crippen LogP contribution in [0.15, 0.2) is 28.7 Å². The van der Waals surface area contributed by atoms with Crippen LogP contribution in [0, 0.1) is 11.8 Å². The van der Waals surface area contributed by atoms with Gasteiger partial charge in [0.25, 0.3) is 0 Å². The van der Waals surface area contributed by atoms with Crippen molar-refractivity contribution in [2.24, 2.45) is 11.8 Å². The molecule has 1 fully saturated rings. The minimum absolute atomic E-state index is 0.144. The van der Waals surface area contributed by atoms with Gasteiger partial charge in [0.05, 0.1) is 12.1 Å². The number of benzene rings is 1. The Morgan fingerprint density at radius 3 is 2.47 bits per heavy atom. The zero-order chi connectivity index (χ0) is 13.9. The molecule has 106 valence electrons. The highest BCUT2D eigenvalue weighted by Gasteiger charge is 2.35. The summed E-state index contributed by atoms with van der Waals surface area (Å²) in [5, 5.41) is 13.4. The van der Waals surface area contributed by atoms with Crippen LogP contribution >= 0.6 is 15.9 Å². The Balaban J connectivity index is 2.07. The standard InChI is InChI=1S/C16H24BrNO/c1-12(2)13-7-9-16(11-19,10-8-13)18-15-6-4-3-5-14(15)17/h3-6,12-13,18-19H,7-11H2,1-2H3. The second kappa shape index (κ2) is 6.27. The van der Waals surface area contributed by atoms with Crippen LogP contribution < -0.4 is 5.32 Å². The number of hydrogen-bond acceptors (Lipinski definition) is 2. The molecule has 1 aromatic carbocycles. The van der Waals surface area contributed by atoms with Gasteiger partial charge >= 0.3 is 0 Å². The summed E-state index contributed by atoms with van der Waals surface area (Å²) in [5.41, 5.74) is 0.939. The van der Waals surface area contributed by atoms with Crippen LogP contribution in [0.25, 0.3) is 0 Å². The molecule has 3 heteroatoms. The normalized spacial score (nSPS) is 27.5. The number of halogens is 1. The first-order valence-corrected chi connectivity index (χ1v) is 7.99. The molecule has 0 unspecified atom stereocenters. The zero-order valence-corrected chi connectivity index (χ0v) is 13.4. The highest BCUT2D eigenvalue weighted by atomic mass is 79.9. The van der Waals surface area contributed by atoms with Crippen LogP contribution in [-0.2, 0) is 0 Å². The number of anilines is 1. The molecule has 19 heavy (non-hydrogen) atoms. The SMILES string of the molecule is CC(C)C1CCC(CO)(Nc2ccccc2Br)CC1. The number of hydrogen-bond donors (Lipinski definition) is 2. The van der Waals surface area contributed by atoms with Crippen LogP contribution in [0.2, 0.25) is 0 Å². The second-order valence-corrected chi connectivity index (χ2v) is 6.98. The Bertz CT molecular complexity index is 411. The van der Waals surface area contributed by atoms with Gasteiger partial charge in [-0.3, -0.25) is 0 Å². The van der Waals surface area contributed by atoms with Gasteiger partial charge in [-0.1, -0.05) is 26.0 Å². The predicted molar refractivity (Wildman–Crippen MR) is 84.4 cm³/mol. The topological polar surface area (TPSA) is 32.3 Å². The molecule has 0 saturated heterocycles. The summed E-state index contributed by atoms with van der Waals surface area (Å²) >= 11 is 3.57. The highest BCUT2D eigenvalue weighted by molar-refractivity contribution is 9.10. The van der Waals surface area contributed by atoms with Crippen LogP contribution in [0.3, 0.4) is 0 Å². The average Bonchev–Trinajstić information content (AvgIpc) is 2.42. The maximum atomic E-state index is 9.84. The fourth-order valence-corrected chi connectivity index (χ4v) is 3.41. The molecule has 2 nitrogen and oxygen atoms in total. The van der Waals surface area contributed by atoms with Gasteiger partial charge in [-0.2, -0.15) is 0 Å². The first kappa shape index (κ1) is 14.9. The maximum absolute atomic E-state index is 9.84. The minimum Gasteiger partial charge on any atom is -0.394 e. The molecular weight excluding hydrogens is 302 g/mol. The van der Waals surface area contributed by atoms with Crippen molar-refractivity contribution < 1.29 is 5.11 Å². The molecule has 0 aromatic heterocycles. The third-order valence-corrected chi connectivity index (χ3v) is 5.20. The van der Waals surface area contributed by atoms with E-state index in [-0.39, 0.29) is 12.1 Å². The van der Waals surface area contributed by atoms with Gasteiger partial charge in [-0.05, 0) is 65.6 Å². The number of rotatable bonds is 4. The van der Waals surface area contributed by atoms with Crippen LogP contribution in [-0.4, -0.2) is 17.3 Å². The van der Waals surface area contributed by atoms with Gasteiger partial charge in [0.1, 0.15) is 0 Å². The van der Waals surface area contributed by atoms with E-state index in [0.29, 0.717) is 0 Å². The predicted octanol–water partition coefficient (Wildman–Crippen LogP) is 4.44. The van der Waals surface area contributed by atoms with E-state index >= 15 is 0 Å². The molecule has 0 spiro atoms. The van der Waals surface area contributed by atoms with Gasteiger partial charge in [0.2, 0.25) is 0 Å². The van der Waals surface area contributed by atoms with Crippen molar-refractivity contribution in [2.75, 3.05) is 11.9 Å². The van der Waals surface area contributed by atoms with Crippen molar-refractivity contribution in [1.82, 2.24) is 0 Å². The van der Waals surface area contributed by atoms with Crippen LogP contribution in [0.5, 0.6) is 0 Å². The minimum atomic E-state index is -0.144. The van der Waals surface area contributed by atoms with E-state index < -0.39 is 0 Å². The largest absolute Gasteiger partial charge is 0.394 e. The Labute approximate surface area is 124 Å². The molecule has 0 heterocycles. The molecule has 1 aliphatic carbocycles. The highest BCUT2D eigenvalue weighted by Crippen LogP contribution is 2.38. The molecule has 2 N–H and O–H groups in total. The van der Waals surface area contributed by atoms with Crippen molar-refractivity contribution in [3.63, 3.8) is 0 Å². The molecule has 1 aromatic rings. The molecular formula is C16H24BrNO. The van der Waals surface area contributed by atoms with E-state index in [9.17, 15) is 5.11 Å². The Kier molecular flexibility index (Phi) is 4.91. The summed E-state index contributed by atoms with van der Waals surface area (Å²) < 4.78 is 1.06. The van der Waals surface area contributed by atoms with Gasteiger partial charge in [0.15, 0.2) is 0 Å². The quantitative estimate of drug-likeness (QED) is 0.857. The van der Waals surface area contributed by atoms with E-state index in [1.165, 1.54) is 12.8 Å². The molecule has 0 atom stereocenters. The number of para-hydroxylation sites is 1. The summed E-state index contributed by atoms with van der Waals surface area (Å²) in [4.78, 5) is 0. The number of nitrogens with one attached hydrogen (secondary N) is 1. The fraction of sp³-hybridized carbons (Fsp3) is 0.625. The average molecular weight is 326 g/mol. The molecule has 0 radical (unpaired) electrons. The lowest BCUT2D eigenvalue weighted by Crippen LogP contribution is -2.46. The maximum Gasteiger partial charge on any atom is 0.0661 e. The third-order valence-electron chi connectivity index (χ3n) is 4.51. The Morgan fingerprint density at radius 2 is 1.95 bits per heavy atom. The lowest BCUT2D eigenvalue weighted by molar-refractivity contribution is 0.136. The summed E-state index contributed by atoms with van der Waals surface area (Å²) in [6.45, 7) is 4.81. The molecule has 0 aliphatic heterocycles. The molecule has 0 amide bonds. The first-order valence-electron chi connectivity index (χ1n) is 7.20. The molecule has 1 saturated carbocycles. The van der Waals surface area contributed by atoms with Gasteiger partial charge in [0, 0.05) is 10.2 Å². The molecule has 1 aliphatic rings. The van der Waals surface area contributed by atoms with E-state index in [4.69, 9.17) is 0 Å². The number of aliphatic hydroxyl groups is 1. The van der Waals surface area contributed by atoms with E-state index in [1.54, 1.807) is 0 Å².